The molecule has 1 aliphatic carbocycles. The number of phenolic OH excluding ortho intramolecular Hbond substituents is 1. The van der Waals surface area contributed by atoms with Crippen molar-refractivity contribution in [1.82, 2.24) is 4.90 Å². The molecule has 8 heteroatoms. The van der Waals surface area contributed by atoms with Gasteiger partial charge in [0.15, 0.2) is 0 Å². The van der Waals surface area contributed by atoms with Gasteiger partial charge in [-0.2, -0.15) is 4.90 Å². The van der Waals surface area contributed by atoms with Crippen LogP contribution in [-0.4, -0.2) is 57.9 Å². The second kappa shape index (κ2) is 11.0. The van der Waals surface area contributed by atoms with Crippen LogP contribution in [0.2, 0.25) is 0 Å². The minimum atomic E-state index is -1.02. The van der Waals surface area contributed by atoms with Gasteiger partial charge in [-0.15, -0.1) is 0 Å². The number of methoxy groups -OCH3 is 1. The van der Waals surface area contributed by atoms with Crippen LogP contribution in [0, 0.1) is 17.8 Å². The van der Waals surface area contributed by atoms with Crippen LogP contribution in [-0.2, 0) is 14.3 Å². The van der Waals surface area contributed by atoms with Crippen molar-refractivity contribution in [2.45, 2.75) is 52.1 Å². The Labute approximate surface area is 199 Å². The number of hydrogen-bond donors (Lipinski definition) is 3. The third-order valence-electron chi connectivity index (χ3n) is 6.77. The summed E-state index contributed by atoms with van der Waals surface area (Å²) in [4.78, 5) is 38.5. The number of aliphatic hydroxyl groups excluding tert-OH is 2. The van der Waals surface area contributed by atoms with Crippen LogP contribution in [0.25, 0.3) is 6.08 Å². The van der Waals surface area contributed by atoms with Gasteiger partial charge in [-0.05, 0) is 55.9 Å². The number of aromatic hydroxyl groups is 1. The molecule has 1 heterocycles. The van der Waals surface area contributed by atoms with Crippen molar-refractivity contribution in [3.63, 3.8) is 0 Å². The fourth-order valence-corrected chi connectivity index (χ4v) is 5.22. The first kappa shape index (κ1) is 25.6. The molecule has 0 saturated carbocycles. The molecular formula is C26H33NO7. The highest BCUT2D eigenvalue weighted by atomic mass is 16.5. The topological polar surface area (TPSA) is 124 Å². The van der Waals surface area contributed by atoms with Crippen molar-refractivity contribution in [3.8, 4) is 5.75 Å². The average molecular weight is 472 g/mol. The van der Waals surface area contributed by atoms with Crippen molar-refractivity contribution < 1.29 is 34.4 Å². The number of ether oxygens (including phenoxy) is 1. The highest BCUT2D eigenvalue weighted by Crippen LogP contribution is 2.47. The predicted octanol–water partition coefficient (Wildman–Crippen LogP) is 3.41. The van der Waals surface area contributed by atoms with Crippen LogP contribution >= 0.6 is 0 Å². The molecule has 1 saturated heterocycles. The predicted molar refractivity (Wildman–Crippen MR) is 125 cm³/mol. The lowest BCUT2D eigenvalue weighted by molar-refractivity contribution is -0.137. The van der Waals surface area contributed by atoms with Gasteiger partial charge in [0.2, 0.25) is 11.8 Å². The molecule has 8 nitrogen and oxygen atoms in total. The number of fused-ring (bicyclic) bond motifs is 1. The number of benzene rings is 1. The zero-order valence-corrected chi connectivity index (χ0v) is 19.9. The van der Waals surface area contributed by atoms with E-state index in [1.807, 2.05) is 19.9 Å². The molecule has 1 aliphatic heterocycles. The van der Waals surface area contributed by atoms with Crippen LogP contribution in [0.15, 0.2) is 41.0 Å². The zero-order valence-electron chi connectivity index (χ0n) is 19.9. The van der Waals surface area contributed by atoms with Gasteiger partial charge < -0.3 is 20.1 Å². The molecule has 1 fully saturated rings. The SMILES string of the molecule is CCCC1=C([C@H](O)CC/C(C)=C/c2ccc(O)cc2)[C@H](CO)[C@@H]2C(=O)N(C(=O)OC)C(=O)[C@@H]2C1. The van der Waals surface area contributed by atoms with E-state index in [9.17, 15) is 29.7 Å². The lowest BCUT2D eigenvalue weighted by atomic mass is 9.67. The van der Waals surface area contributed by atoms with E-state index < -0.39 is 48.4 Å². The van der Waals surface area contributed by atoms with E-state index >= 15 is 0 Å². The zero-order chi connectivity index (χ0) is 25.0. The first-order chi connectivity index (χ1) is 16.2. The molecular weight excluding hydrogens is 438 g/mol. The van der Waals surface area contributed by atoms with Crippen molar-refractivity contribution in [2.75, 3.05) is 13.7 Å². The molecule has 3 amide bonds. The van der Waals surface area contributed by atoms with E-state index in [0.29, 0.717) is 29.7 Å². The summed E-state index contributed by atoms with van der Waals surface area (Å²) in [6.07, 6.45) is 2.73. The summed E-state index contributed by atoms with van der Waals surface area (Å²) >= 11 is 0. The molecule has 0 bridgehead atoms. The van der Waals surface area contributed by atoms with E-state index in [1.165, 1.54) is 0 Å². The Morgan fingerprint density at radius 2 is 1.91 bits per heavy atom. The minimum absolute atomic E-state index is 0.192. The standard InChI is InChI=1S/C26H33NO7/c1-4-5-17-13-19-23(25(32)27(24(19)31)26(33)34-3)20(14-28)22(17)21(30)11-6-15(2)12-16-7-9-18(29)10-8-16/h7-10,12,19-21,23,28-30H,4-6,11,13-14H2,1-3H3/b15-12+/t19-,20+,21-,23-/m1/s1. The fourth-order valence-electron chi connectivity index (χ4n) is 5.22. The number of carbonyl (C=O) groups excluding carboxylic acids is 3. The molecule has 0 aromatic heterocycles. The average Bonchev–Trinajstić information content (AvgIpc) is 3.07. The summed E-state index contributed by atoms with van der Waals surface area (Å²) in [5.41, 5.74) is 3.46. The second-order valence-corrected chi connectivity index (χ2v) is 9.05. The van der Waals surface area contributed by atoms with Gasteiger partial charge in [-0.25, -0.2) is 4.79 Å². The number of allylic oxidation sites excluding steroid dienone is 2. The number of likely N-dealkylation sites (tertiary alicyclic amines) is 1. The quantitative estimate of drug-likeness (QED) is 0.392. The van der Waals surface area contributed by atoms with Crippen molar-refractivity contribution in [2.24, 2.45) is 17.8 Å². The first-order valence-electron chi connectivity index (χ1n) is 11.7. The van der Waals surface area contributed by atoms with Gasteiger partial charge >= 0.3 is 6.09 Å². The summed E-state index contributed by atoms with van der Waals surface area (Å²) in [6, 6.07) is 6.82. The first-order valence-corrected chi connectivity index (χ1v) is 11.7. The molecule has 0 unspecified atom stereocenters. The van der Waals surface area contributed by atoms with Gasteiger partial charge in [-0.3, -0.25) is 9.59 Å². The highest BCUT2D eigenvalue weighted by Gasteiger charge is 2.57. The minimum Gasteiger partial charge on any atom is -0.508 e. The number of carbonyl (C=O) groups is 3. The maximum absolute atomic E-state index is 13.0. The number of hydrogen-bond acceptors (Lipinski definition) is 7. The molecule has 3 N–H and O–H groups in total. The Hall–Kier alpha value is -2.97. The van der Waals surface area contributed by atoms with Crippen LogP contribution in [0.1, 0.15) is 51.5 Å². The van der Waals surface area contributed by atoms with Gasteiger partial charge in [-0.1, -0.05) is 42.7 Å². The van der Waals surface area contributed by atoms with Gasteiger partial charge in [0, 0.05) is 5.92 Å². The number of rotatable bonds is 8. The summed E-state index contributed by atoms with van der Waals surface area (Å²) in [5, 5.41) is 30.9. The Balaban J connectivity index is 1.84. The number of nitrogens with zero attached hydrogens (tertiary/aromatic N) is 1. The molecule has 34 heavy (non-hydrogen) atoms. The highest BCUT2D eigenvalue weighted by molar-refractivity contribution is 6.15. The van der Waals surface area contributed by atoms with Crippen LogP contribution in [0.4, 0.5) is 4.79 Å². The lowest BCUT2D eigenvalue weighted by Gasteiger charge is -2.36. The van der Waals surface area contributed by atoms with Crippen LogP contribution in [0.5, 0.6) is 5.75 Å². The summed E-state index contributed by atoms with van der Waals surface area (Å²) in [6.45, 7) is 3.54. The van der Waals surface area contributed by atoms with Gasteiger partial charge in [0.05, 0.1) is 31.7 Å². The monoisotopic (exact) mass is 471 g/mol. The summed E-state index contributed by atoms with van der Waals surface area (Å²) in [5.74, 6) is -3.45. The Kier molecular flexibility index (Phi) is 8.28. The van der Waals surface area contributed by atoms with Crippen molar-refractivity contribution in [3.05, 3.63) is 46.5 Å². The number of aliphatic hydroxyl groups is 2. The molecule has 0 radical (unpaired) electrons. The van der Waals surface area contributed by atoms with Crippen molar-refractivity contribution in [1.29, 1.82) is 0 Å². The largest absolute Gasteiger partial charge is 0.508 e. The summed E-state index contributed by atoms with van der Waals surface area (Å²) in [7, 11) is 1.11. The third kappa shape index (κ3) is 5.08. The Morgan fingerprint density at radius 1 is 1.24 bits per heavy atom. The smallest absolute Gasteiger partial charge is 0.423 e. The van der Waals surface area contributed by atoms with Gasteiger partial charge in [0.25, 0.3) is 0 Å². The van der Waals surface area contributed by atoms with Crippen LogP contribution < -0.4 is 0 Å². The normalized spacial score (nSPS) is 23.9. The number of amides is 3. The molecule has 184 valence electrons. The van der Waals surface area contributed by atoms with Gasteiger partial charge in [0.1, 0.15) is 5.75 Å². The summed E-state index contributed by atoms with van der Waals surface area (Å²) < 4.78 is 4.62. The van der Waals surface area contributed by atoms with E-state index in [-0.39, 0.29) is 12.2 Å². The Morgan fingerprint density at radius 3 is 2.50 bits per heavy atom. The van der Waals surface area contributed by atoms with E-state index in [4.69, 9.17) is 0 Å². The molecule has 3 rings (SSSR count). The molecule has 1 aromatic carbocycles. The second-order valence-electron chi connectivity index (χ2n) is 9.05. The molecule has 2 aliphatic rings. The number of imide groups is 3. The van der Waals surface area contributed by atoms with E-state index in [2.05, 4.69) is 4.74 Å². The van der Waals surface area contributed by atoms with Crippen LogP contribution in [0.3, 0.4) is 0 Å². The third-order valence-corrected chi connectivity index (χ3v) is 6.77. The molecule has 4 atom stereocenters. The lowest BCUT2D eigenvalue weighted by Crippen LogP contribution is -2.40. The number of phenols is 1. The maximum atomic E-state index is 13.0. The fraction of sp³-hybridized carbons (Fsp3) is 0.500. The maximum Gasteiger partial charge on any atom is 0.423 e. The van der Waals surface area contributed by atoms with E-state index in [0.717, 1.165) is 30.2 Å². The molecule has 1 aromatic rings. The van der Waals surface area contributed by atoms with E-state index in [1.54, 1.807) is 24.3 Å². The molecule has 0 spiro atoms. The van der Waals surface area contributed by atoms with Crippen molar-refractivity contribution >= 4 is 24.0 Å². The Bertz CT molecular complexity index is 995.